The first-order chi connectivity index (χ1) is 7.54. The van der Waals surface area contributed by atoms with Crippen LogP contribution in [0.2, 0.25) is 0 Å². The minimum Gasteiger partial charge on any atom is -0.476 e. The molecule has 0 aliphatic heterocycles. The fourth-order valence-corrected chi connectivity index (χ4v) is 1.77. The average molecular weight is 260 g/mol. The minimum atomic E-state index is -1.11. The van der Waals surface area contributed by atoms with E-state index in [4.69, 9.17) is 5.11 Å². The van der Waals surface area contributed by atoms with Gasteiger partial charge in [-0.2, -0.15) is 11.8 Å². The molecule has 0 aliphatic carbocycles. The van der Waals surface area contributed by atoms with Crippen LogP contribution >= 0.6 is 23.1 Å². The van der Waals surface area contributed by atoms with Crippen LogP contribution in [0.15, 0.2) is 5.38 Å². The molecule has 88 valence electrons. The first-order valence-corrected chi connectivity index (χ1v) is 6.71. The topological polar surface area (TPSA) is 79.3 Å². The van der Waals surface area contributed by atoms with Gasteiger partial charge in [0.15, 0.2) is 0 Å². The molecule has 0 fully saturated rings. The molecular weight excluding hydrogens is 248 g/mol. The number of aromatic nitrogens is 1. The highest BCUT2D eigenvalue weighted by molar-refractivity contribution is 7.99. The van der Waals surface area contributed by atoms with Gasteiger partial charge in [0.05, 0.1) is 0 Å². The van der Waals surface area contributed by atoms with E-state index in [-0.39, 0.29) is 16.6 Å². The van der Waals surface area contributed by atoms with E-state index in [0.717, 1.165) is 11.3 Å². The minimum absolute atomic E-state index is 0.0666. The Bertz CT molecular complexity index is 392. The zero-order chi connectivity index (χ0) is 12.1. The lowest BCUT2D eigenvalue weighted by Crippen LogP contribution is -2.29. The van der Waals surface area contributed by atoms with Crippen molar-refractivity contribution >= 4 is 35.0 Å². The van der Waals surface area contributed by atoms with Gasteiger partial charge in [-0.1, -0.05) is 6.92 Å². The molecule has 0 spiro atoms. The van der Waals surface area contributed by atoms with Gasteiger partial charge in [0, 0.05) is 17.2 Å². The van der Waals surface area contributed by atoms with E-state index in [2.05, 4.69) is 10.3 Å². The molecule has 0 aliphatic rings. The van der Waals surface area contributed by atoms with E-state index < -0.39 is 5.97 Å². The zero-order valence-electron chi connectivity index (χ0n) is 8.89. The van der Waals surface area contributed by atoms with E-state index >= 15 is 0 Å². The lowest BCUT2D eigenvalue weighted by molar-refractivity contribution is 0.0696. The molecular formula is C9H12N2O3S2. The van der Waals surface area contributed by atoms with Gasteiger partial charge in [-0.25, -0.2) is 9.78 Å². The number of hydrogen-bond acceptors (Lipinski definition) is 5. The smallest absolute Gasteiger partial charge is 0.365 e. The third-order valence-corrected chi connectivity index (χ3v) is 3.67. The second-order valence-corrected chi connectivity index (χ2v) is 5.23. The predicted octanol–water partition coefficient (Wildman–Crippen LogP) is 1.32. The molecule has 5 nitrogen and oxygen atoms in total. The van der Waals surface area contributed by atoms with Gasteiger partial charge in [-0.15, -0.1) is 11.3 Å². The van der Waals surface area contributed by atoms with Crippen molar-refractivity contribution in [2.75, 3.05) is 12.8 Å². The van der Waals surface area contributed by atoms with E-state index in [0.29, 0.717) is 11.8 Å². The Kier molecular flexibility index (Phi) is 4.75. The van der Waals surface area contributed by atoms with Crippen molar-refractivity contribution in [1.29, 1.82) is 0 Å². The van der Waals surface area contributed by atoms with Crippen LogP contribution in [0.4, 0.5) is 0 Å². The molecule has 0 saturated carbocycles. The van der Waals surface area contributed by atoms with Crippen LogP contribution in [-0.2, 0) is 0 Å². The molecule has 16 heavy (non-hydrogen) atoms. The SMILES string of the molecule is CSC(C)CNC(=O)c1csc(C(=O)O)n1. The number of nitrogens with zero attached hydrogens (tertiary/aromatic N) is 1. The highest BCUT2D eigenvalue weighted by Crippen LogP contribution is 2.10. The number of carboxylic acids is 1. The predicted molar refractivity (Wildman–Crippen MR) is 64.4 cm³/mol. The molecule has 0 saturated heterocycles. The van der Waals surface area contributed by atoms with Crippen LogP contribution in [0, 0.1) is 0 Å². The van der Waals surface area contributed by atoms with Crippen LogP contribution in [0.5, 0.6) is 0 Å². The van der Waals surface area contributed by atoms with Crippen molar-refractivity contribution in [1.82, 2.24) is 10.3 Å². The van der Waals surface area contributed by atoms with Crippen molar-refractivity contribution in [2.45, 2.75) is 12.2 Å². The monoisotopic (exact) mass is 260 g/mol. The fourth-order valence-electron chi connectivity index (χ4n) is 0.887. The molecule has 0 aromatic carbocycles. The van der Waals surface area contributed by atoms with Gasteiger partial charge in [0.25, 0.3) is 5.91 Å². The Labute approximate surface area is 101 Å². The van der Waals surface area contributed by atoms with E-state index in [1.807, 2.05) is 13.2 Å². The number of nitrogens with one attached hydrogen (secondary N) is 1. The molecule has 1 aromatic heterocycles. The Morgan fingerprint density at radius 1 is 1.69 bits per heavy atom. The van der Waals surface area contributed by atoms with Crippen molar-refractivity contribution in [3.8, 4) is 0 Å². The lowest BCUT2D eigenvalue weighted by atomic mass is 10.4. The van der Waals surface area contributed by atoms with Crippen molar-refractivity contribution < 1.29 is 14.7 Å². The second-order valence-electron chi connectivity index (χ2n) is 3.10. The normalized spacial score (nSPS) is 12.1. The van der Waals surface area contributed by atoms with E-state index in [1.165, 1.54) is 5.38 Å². The van der Waals surface area contributed by atoms with Gasteiger partial charge in [0.2, 0.25) is 5.01 Å². The summed E-state index contributed by atoms with van der Waals surface area (Å²) in [5.74, 6) is -1.44. The van der Waals surface area contributed by atoms with Gasteiger partial charge in [-0.05, 0) is 6.26 Å². The Morgan fingerprint density at radius 3 is 2.88 bits per heavy atom. The maximum Gasteiger partial charge on any atom is 0.365 e. The molecule has 1 unspecified atom stereocenters. The summed E-state index contributed by atoms with van der Waals surface area (Å²) in [5, 5.41) is 13.0. The number of aromatic carboxylic acids is 1. The van der Waals surface area contributed by atoms with Crippen molar-refractivity contribution in [3.63, 3.8) is 0 Å². The summed E-state index contributed by atoms with van der Waals surface area (Å²) in [6, 6.07) is 0. The second kappa shape index (κ2) is 5.86. The average Bonchev–Trinajstić information content (AvgIpc) is 2.74. The van der Waals surface area contributed by atoms with Gasteiger partial charge in [0.1, 0.15) is 5.69 Å². The number of amides is 1. The first-order valence-electron chi connectivity index (χ1n) is 4.54. The van der Waals surface area contributed by atoms with Crippen molar-refractivity contribution in [2.24, 2.45) is 0 Å². The molecule has 2 N–H and O–H groups in total. The first kappa shape index (κ1) is 13.0. The summed E-state index contributed by atoms with van der Waals surface area (Å²) in [6.07, 6.45) is 1.96. The Morgan fingerprint density at radius 2 is 2.38 bits per heavy atom. The molecule has 1 rings (SSSR count). The molecule has 1 heterocycles. The molecule has 0 bridgehead atoms. The number of carbonyl (C=O) groups is 2. The van der Waals surface area contributed by atoms with Gasteiger partial charge < -0.3 is 10.4 Å². The van der Waals surface area contributed by atoms with Crippen LogP contribution in [0.1, 0.15) is 27.2 Å². The molecule has 1 amide bonds. The molecule has 1 atom stereocenters. The fraction of sp³-hybridized carbons (Fsp3) is 0.444. The number of carboxylic acid groups (broad SMARTS) is 1. The maximum atomic E-state index is 11.5. The molecule has 1 aromatic rings. The lowest BCUT2D eigenvalue weighted by Gasteiger charge is -2.08. The summed E-state index contributed by atoms with van der Waals surface area (Å²) in [6.45, 7) is 2.54. The van der Waals surface area contributed by atoms with Crippen molar-refractivity contribution in [3.05, 3.63) is 16.1 Å². The molecule has 7 heteroatoms. The summed E-state index contributed by atoms with van der Waals surface area (Å²) >= 11 is 2.59. The summed E-state index contributed by atoms with van der Waals surface area (Å²) in [5.41, 5.74) is 0.163. The van der Waals surface area contributed by atoms with E-state index in [9.17, 15) is 9.59 Å². The van der Waals surface area contributed by atoms with Crippen LogP contribution in [0.25, 0.3) is 0 Å². The Balaban J connectivity index is 2.56. The number of thiazole rings is 1. The highest BCUT2D eigenvalue weighted by Gasteiger charge is 2.14. The largest absolute Gasteiger partial charge is 0.476 e. The van der Waals surface area contributed by atoms with Crippen LogP contribution < -0.4 is 5.32 Å². The number of hydrogen-bond donors (Lipinski definition) is 2. The molecule has 0 radical (unpaired) electrons. The highest BCUT2D eigenvalue weighted by atomic mass is 32.2. The summed E-state index contributed by atoms with van der Waals surface area (Å²) in [7, 11) is 0. The number of carbonyl (C=O) groups excluding carboxylic acids is 1. The summed E-state index contributed by atoms with van der Waals surface area (Å²) in [4.78, 5) is 25.8. The summed E-state index contributed by atoms with van der Waals surface area (Å²) < 4.78 is 0. The standard InChI is InChI=1S/C9H12N2O3S2/c1-5(15-2)3-10-7(12)6-4-16-8(11-6)9(13)14/h4-5H,3H2,1-2H3,(H,10,12)(H,13,14). The number of rotatable bonds is 5. The van der Waals surface area contributed by atoms with Crippen LogP contribution in [-0.4, -0.2) is 40.0 Å². The zero-order valence-corrected chi connectivity index (χ0v) is 10.5. The van der Waals surface area contributed by atoms with Gasteiger partial charge in [-0.3, -0.25) is 4.79 Å². The Hall–Kier alpha value is -1.08. The third-order valence-electron chi connectivity index (χ3n) is 1.87. The quantitative estimate of drug-likeness (QED) is 0.834. The maximum absolute atomic E-state index is 11.5. The van der Waals surface area contributed by atoms with Gasteiger partial charge >= 0.3 is 5.97 Å². The third kappa shape index (κ3) is 3.49. The number of thioether (sulfide) groups is 1. The van der Waals surface area contributed by atoms with Crippen LogP contribution in [0.3, 0.4) is 0 Å². The van der Waals surface area contributed by atoms with E-state index in [1.54, 1.807) is 11.8 Å².